The van der Waals surface area contributed by atoms with Crippen molar-refractivity contribution in [2.24, 2.45) is 0 Å². The van der Waals surface area contributed by atoms with Crippen molar-refractivity contribution in [3.05, 3.63) is 0 Å². The Hall–Kier alpha value is -0.480. The van der Waals surface area contributed by atoms with Crippen LogP contribution >= 0.6 is 0 Å². The smallest absolute Gasteiger partial charge is 0.173 e. The first kappa shape index (κ1) is 25.5. The molecule has 9 atom stereocenters. The summed E-state index contributed by atoms with van der Waals surface area (Å²) >= 11 is 0. The zero-order chi connectivity index (χ0) is 20.4. The Morgan fingerprint density at radius 1 is 0.885 bits per heavy atom. The fraction of sp³-hybridized carbons (Fsp3) is 1.00. The van der Waals surface area contributed by atoms with Gasteiger partial charge in [0.2, 0.25) is 0 Å². The van der Waals surface area contributed by atoms with Crippen LogP contribution in [0, 0.1) is 0 Å². The van der Waals surface area contributed by atoms with Gasteiger partial charge < -0.3 is 61.3 Å². The van der Waals surface area contributed by atoms with E-state index in [9.17, 15) is 20.4 Å². The summed E-state index contributed by atoms with van der Waals surface area (Å²) in [6, 6.07) is -0.738. The van der Waals surface area contributed by atoms with Gasteiger partial charge in [0.1, 0.15) is 36.6 Å². The molecule has 158 valence electrons. The Balaban J connectivity index is 0.000000481. The number of rotatable bonds is 8. The SMILES string of the molecule is CNC[C@H](O)[C@@H](O)[C@H](O)[C@H](O)CO.CN[C@H]1C(O)O[C@H](CO)[C@@H](O)[C@@H]1O. The standard InChI is InChI=1S/C7H15NO5.C7H17NO5/c1-8-4-6(11)5(10)3(2-9)13-7(4)12;1-8-2-4(10)6(12)7(13)5(11)3-9/h3-12H,2H2,1H3;4-13H,2-3H2,1H3/t3-,4-,5-,6-,7?;4-,5+,6+,7+/m10/s1. The summed E-state index contributed by atoms with van der Waals surface area (Å²) in [5.74, 6) is 0. The van der Waals surface area contributed by atoms with Crippen LogP contribution in [0.2, 0.25) is 0 Å². The molecule has 1 fully saturated rings. The molecule has 0 aromatic heterocycles. The molecule has 1 unspecified atom stereocenters. The second kappa shape index (κ2) is 12.8. The predicted octanol–water partition coefficient (Wildman–Crippen LogP) is -6.35. The van der Waals surface area contributed by atoms with Crippen LogP contribution in [-0.2, 0) is 4.74 Å². The third-order valence-corrected chi connectivity index (χ3v) is 3.97. The first-order chi connectivity index (χ1) is 12.2. The van der Waals surface area contributed by atoms with Gasteiger partial charge in [0.05, 0.1) is 25.4 Å². The lowest BCUT2D eigenvalue weighted by Crippen LogP contribution is -2.62. The van der Waals surface area contributed by atoms with E-state index in [0.717, 1.165) is 0 Å². The zero-order valence-corrected chi connectivity index (χ0v) is 14.8. The Labute approximate surface area is 151 Å². The van der Waals surface area contributed by atoms with E-state index in [1.54, 1.807) is 7.05 Å². The molecule has 26 heavy (non-hydrogen) atoms. The number of nitrogens with one attached hydrogen (secondary N) is 2. The molecule has 0 aliphatic carbocycles. The average Bonchev–Trinajstić information content (AvgIpc) is 2.63. The van der Waals surface area contributed by atoms with E-state index in [0.29, 0.717) is 0 Å². The van der Waals surface area contributed by atoms with Gasteiger partial charge in [0.15, 0.2) is 6.29 Å². The van der Waals surface area contributed by atoms with Crippen molar-refractivity contribution in [2.75, 3.05) is 33.9 Å². The molecule has 0 spiro atoms. The van der Waals surface area contributed by atoms with Crippen molar-refractivity contribution in [3.8, 4) is 0 Å². The molecule has 0 saturated carbocycles. The Morgan fingerprint density at radius 3 is 1.85 bits per heavy atom. The number of aliphatic hydroxyl groups is 9. The molecule has 1 saturated heterocycles. The number of ether oxygens (including phenoxy) is 1. The summed E-state index contributed by atoms with van der Waals surface area (Å²) in [5, 5.41) is 86.9. The fourth-order valence-electron chi connectivity index (χ4n) is 2.30. The number of aliphatic hydroxyl groups excluding tert-OH is 9. The van der Waals surface area contributed by atoms with Gasteiger partial charge in [-0.15, -0.1) is 0 Å². The van der Waals surface area contributed by atoms with Crippen molar-refractivity contribution in [1.82, 2.24) is 10.6 Å². The van der Waals surface area contributed by atoms with Crippen molar-refractivity contribution >= 4 is 0 Å². The third-order valence-electron chi connectivity index (χ3n) is 3.97. The lowest BCUT2D eigenvalue weighted by molar-refractivity contribution is -0.253. The maximum atomic E-state index is 9.45. The van der Waals surface area contributed by atoms with Gasteiger partial charge in [-0.05, 0) is 14.1 Å². The molecule has 12 heteroatoms. The van der Waals surface area contributed by atoms with Crippen LogP contribution in [0.3, 0.4) is 0 Å². The van der Waals surface area contributed by atoms with Gasteiger partial charge in [0, 0.05) is 6.54 Å². The summed E-state index contributed by atoms with van der Waals surface area (Å²) in [5.41, 5.74) is 0. The van der Waals surface area contributed by atoms with E-state index >= 15 is 0 Å². The maximum absolute atomic E-state index is 9.45. The van der Waals surface area contributed by atoms with E-state index in [4.69, 9.17) is 30.3 Å². The minimum atomic E-state index is -1.55. The molecule has 0 aromatic carbocycles. The van der Waals surface area contributed by atoms with Crippen LogP contribution < -0.4 is 10.6 Å². The highest BCUT2D eigenvalue weighted by Crippen LogP contribution is 2.19. The lowest BCUT2D eigenvalue weighted by Gasteiger charge is -2.39. The third kappa shape index (κ3) is 7.26. The summed E-state index contributed by atoms with van der Waals surface area (Å²) in [6.45, 7) is -1.01. The van der Waals surface area contributed by atoms with Gasteiger partial charge in [-0.1, -0.05) is 0 Å². The highest BCUT2D eigenvalue weighted by Gasteiger charge is 2.42. The zero-order valence-electron chi connectivity index (χ0n) is 14.8. The molecular weight excluding hydrogens is 356 g/mol. The molecule has 1 aliphatic heterocycles. The van der Waals surface area contributed by atoms with E-state index in [1.807, 2.05) is 0 Å². The predicted molar refractivity (Wildman–Crippen MR) is 87.9 cm³/mol. The van der Waals surface area contributed by atoms with Gasteiger partial charge in [-0.3, -0.25) is 0 Å². The van der Waals surface area contributed by atoms with E-state index in [-0.39, 0.29) is 6.54 Å². The quantitative estimate of drug-likeness (QED) is 0.187. The first-order valence-corrected chi connectivity index (χ1v) is 8.11. The van der Waals surface area contributed by atoms with Crippen LogP contribution in [0.5, 0.6) is 0 Å². The molecular formula is C14H32N2O10. The summed E-state index contributed by atoms with van der Waals surface area (Å²) < 4.78 is 4.85. The van der Waals surface area contributed by atoms with Crippen molar-refractivity contribution < 1.29 is 50.7 Å². The van der Waals surface area contributed by atoms with E-state index < -0.39 is 68.3 Å². The second-order valence-corrected chi connectivity index (χ2v) is 5.90. The van der Waals surface area contributed by atoms with Crippen molar-refractivity contribution in [2.45, 2.75) is 55.1 Å². The topological polar surface area (TPSA) is 215 Å². The Bertz CT molecular complexity index is 365. The van der Waals surface area contributed by atoms with Crippen molar-refractivity contribution in [3.63, 3.8) is 0 Å². The molecule has 12 nitrogen and oxygen atoms in total. The largest absolute Gasteiger partial charge is 0.394 e. The average molecular weight is 388 g/mol. The Kier molecular flexibility index (Phi) is 12.6. The van der Waals surface area contributed by atoms with Crippen LogP contribution in [0.25, 0.3) is 0 Å². The molecule has 1 rings (SSSR count). The molecule has 0 bridgehead atoms. The molecule has 0 radical (unpaired) electrons. The number of likely N-dealkylation sites (N-methyl/N-ethyl adjacent to an activating group) is 2. The van der Waals surface area contributed by atoms with Crippen molar-refractivity contribution in [1.29, 1.82) is 0 Å². The van der Waals surface area contributed by atoms with Gasteiger partial charge >= 0.3 is 0 Å². The van der Waals surface area contributed by atoms with E-state index in [1.165, 1.54) is 7.05 Å². The van der Waals surface area contributed by atoms with Gasteiger partial charge in [-0.2, -0.15) is 0 Å². The monoisotopic (exact) mass is 388 g/mol. The molecule has 1 aliphatic rings. The first-order valence-electron chi connectivity index (χ1n) is 8.11. The van der Waals surface area contributed by atoms with Crippen LogP contribution in [0.15, 0.2) is 0 Å². The highest BCUT2D eigenvalue weighted by molar-refractivity contribution is 4.91. The van der Waals surface area contributed by atoms with Crippen LogP contribution in [0.4, 0.5) is 0 Å². The van der Waals surface area contributed by atoms with Crippen LogP contribution in [0.1, 0.15) is 0 Å². The molecule has 0 amide bonds. The number of hydrogen-bond donors (Lipinski definition) is 11. The minimum Gasteiger partial charge on any atom is -0.394 e. The lowest BCUT2D eigenvalue weighted by atomic mass is 9.97. The molecule has 11 N–H and O–H groups in total. The van der Waals surface area contributed by atoms with E-state index in [2.05, 4.69) is 10.6 Å². The van der Waals surface area contributed by atoms with Gasteiger partial charge in [0.25, 0.3) is 0 Å². The normalized spacial score (nSPS) is 33.6. The fourth-order valence-corrected chi connectivity index (χ4v) is 2.30. The number of hydrogen-bond acceptors (Lipinski definition) is 12. The highest BCUT2D eigenvalue weighted by atomic mass is 16.6. The molecule has 0 aromatic rings. The Morgan fingerprint density at radius 2 is 1.42 bits per heavy atom. The van der Waals surface area contributed by atoms with Gasteiger partial charge in [-0.25, -0.2) is 0 Å². The van der Waals surface area contributed by atoms with Crippen LogP contribution in [-0.4, -0.2) is 135 Å². The maximum Gasteiger partial charge on any atom is 0.173 e. The summed E-state index contributed by atoms with van der Waals surface area (Å²) in [7, 11) is 3.11. The summed E-state index contributed by atoms with van der Waals surface area (Å²) in [6.07, 6.45) is -10.1. The minimum absolute atomic E-state index is 0.0936. The second-order valence-electron chi connectivity index (χ2n) is 5.90. The summed E-state index contributed by atoms with van der Waals surface area (Å²) in [4.78, 5) is 0. The molecule has 1 heterocycles.